The van der Waals surface area contributed by atoms with E-state index in [9.17, 15) is 9.59 Å². The van der Waals surface area contributed by atoms with Crippen molar-refractivity contribution in [3.05, 3.63) is 59.7 Å². The van der Waals surface area contributed by atoms with Crippen molar-refractivity contribution in [2.24, 2.45) is 0 Å². The van der Waals surface area contributed by atoms with Crippen LogP contribution in [0.1, 0.15) is 44.2 Å². The number of aryl methyl sites for hydroxylation is 1. The van der Waals surface area contributed by atoms with Crippen LogP contribution in [-0.4, -0.2) is 48.0 Å². The largest absolute Gasteiger partial charge is 0.476 e. The van der Waals surface area contributed by atoms with Crippen LogP contribution in [0, 0.1) is 6.92 Å². The predicted molar refractivity (Wildman–Crippen MR) is 126 cm³/mol. The van der Waals surface area contributed by atoms with E-state index < -0.39 is 5.60 Å². The van der Waals surface area contributed by atoms with Gasteiger partial charge in [-0.3, -0.25) is 14.5 Å². The van der Waals surface area contributed by atoms with Gasteiger partial charge in [-0.2, -0.15) is 0 Å². The lowest BCUT2D eigenvalue weighted by atomic mass is 10.0. The van der Waals surface area contributed by atoms with E-state index in [-0.39, 0.29) is 24.3 Å². The molecule has 0 spiro atoms. The fourth-order valence-electron chi connectivity index (χ4n) is 4.49. The van der Waals surface area contributed by atoms with Crippen LogP contribution in [0.2, 0.25) is 0 Å². The second-order valence-electron chi connectivity index (χ2n) is 9.39. The van der Waals surface area contributed by atoms with Gasteiger partial charge in [0.05, 0.1) is 5.69 Å². The summed E-state index contributed by atoms with van der Waals surface area (Å²) in [7, 11) is 0. The van der Waals surface area contributed by atoms with Crippen molar-refractivity contribution in [3.63, 3.8) is 0 Å². The Bertz CT molecular complexity index is 966. The van der Waals surface area contributed by atoms with E-state index in [1.54, 1.807) is 18.7 Å². The summed E-state index contributed by atoms with van der Waals surface area (Å²) in [5.74, 6) is 0.571. The number of carbonyl (C=O) groups is 2. The summed E-state index contributed by atoms with van der Waals surface area (Å²) in [5.41, 5.74) is 2.18. The average Bonchev–Trinajstić information content (AvgIpc) is 2.77. The molecule has 2 aromatic rings. The summed E-state index contributed by atoms with van der Waals surface area (Å²) in [6.45, 7) is 8.78. The molecule has 0 aromatic heterocycles. The number of rotatable bonds is 6. The zero-order chi connectivity index (χ0) is 22.7. The SMILES string of the molecule is Cc1ccc2c(c1)N(CCC(=O)NC1CCN(Cc3ccccc3)CC1)C(=O)C(C)(C)O2. The van der Waals surface area contributed by atoms with Crippen molar-refractivity contribution in [2.45, 2.75) is 58.2 Å². The van der Waals surface area contributed by atoms with Crippen molar-refractivity contribution >= 4 is 17.5 Å². The van der Waals surface area contributed by atoms with Crippen LogP contribution in [-0.2, 0) is 16.1 Å². The molecule has 1 saturated heterocycles. The molecule has 1 N–H and O–H groups in total. The number of anilines is 1. The molecule has 0 saturated carbocycles. The van der Waals surface area contributed by atoms with Crippen molar-refractivity contribution < 1.29 is 14.3 Å². The monoisotopic (exact) mass is 435 g/mol. The number of ether oxygens (including phenoxy) is 1. The highest BCUT2D eigenvalue weighted by molar-refractivity contribution is 6.02. The fraction of sp³-hybridized carbons (Fsp3) is 0.462. The first-order chi connectivity index (χ1) is 15.3. The second kappa shape index (κ2) is 9.33. The number of piperidine rings is 1. The van der Waals surface area contributed by atoms with Gasteiger partial charge in [-0.25, -0.2) is 0 Å². The molecule has 32 heavy (non-hydrogen) atoms. The van der Waals surface area contributed by atoms with Crippen LogP contribution in [0.15, 0.2) is 48.5 Å². The van der Waals surface area contributed by atoms with E-state index >= 15 is 0 Å². The molecule has 0 aliphatic carbocycles. The summed E-state index contributed by atoms with van der Waals surface area (Å²) in [6.07, 6.45) is 2.17. The number of benzene rings is 2. The molecule has 0 radical (unpaired) electrons. The summed E-state index contributed by atoms with van der Waals surface area (Å²) >= 11 is 0. The molecule has 6 heteroatoms. The number of hydrogen-bond donors (Lipinski definition) is 1. The molecule has 170 valence electrons. The minimum absolute atomic E-state index is 0.00203. The van der Waals surface area contributed by atoms with Gasteiger partial charge >= 0.3 is 0 Å². The summed E-state index contributed by atoms with van der Waals surface area (Å²) < 4.78 is 5.90. The lowest BCUT2D eigenvalue weighted by molar-refractivity contribution is -0.132. The number of amides is 2. The lowest BCUT2D eigenvalue weighted by Gasteiger charge is -2.39. The van der Waals surface area contributed by atoms with Gasteiger partial charge in [0.15, 0.2) is 5.60 Å². The van der Waals surface area contributed by atoms with E-state index in [1.807, 2.05) is 31.2 Å². The summed E-state index contributed by atoms with van der Waals surface area (Å²) in [4.78, 5) is 29.8. The van der Waals surface area contributed by atoms with Gasteiger partial charge in [-0.05, 0) is 56.9 Å². The Morgan fingerprint density at radius 2 is 1.84 bits per heavy atom. The maximum atomic E-state index is 13.0. The molecule has 2 amide bonds. The van der Waals surface area contributed by atoms with Gasteiger partial charge in [-0.15, -0.1) is 0 Å². The first-order valence-electron chi connectivity index (χ1n) is 11.5. The summed E-state index contributed by atoms with van der Waals surface area (Å²) in [5, 5.41) is 3.18. The minimum Gasteiger partial charge on any atom is -0.476 e. The zero-order valence-corrected chi connectivity index (χ0v) is 19.3. The Hall–Kier alpha value is -2.86. The van der Waals surface area contributed by atoms with E-state index in [4.69, 9.17) is 4.74 Å². The van der Waals surface area contributed by atoms with Gasteiger partial charge in [0.2, 0.25) is 5.91 Å². The Morgan fingerprint density at radius 1 is 1.12 bits per heavy atom. The van der Waals surface area contributed by atoms with Crippen LogP contribution in [0.25, 0.3) is 0 Å². The Labute approximate surface area is 190 Å². The highest BCUT2D eigenvalue weighted by Gasteiger charge is 2.40. The molecule has 6 nitrogen and oxygen atoms in total. The molecule has 0 atom stereocenters. The van der Waals surface area contributed by atoms with Gasteiger partial charge < -0.3 is 15.0 Å². The van der Waals surface area contributed by atoms with Crippen molar-refractivity contribution in [1.29, 1.82) is 0 Å². The Morgan fingerprint density at radius 3 is 2.56 bits per heavy atom. The molecular formula is C26H33N3O3. The van der Waals surface area contributed by atoms with Crippen LogP contribution in [0.4, 0.5) is 5.69 Å². The van der Waals surface area contributed by atoms with Crippen LogP contribution < -0.4 is 15.0 Å². The van der Waals surface area contributed by atoms with E-state index in [0.717, 1.165) is 43.7 Å². The molecule has 2 aliphatic heterocycles. The predicted octanol–water partition coefficient (Wildman–Crippen LogP) is 3.67. The second-order valence-corrected chi connectivity index (χ2v) is 9.39. The standard InChI is InChI=1S/C26H33N3O3/c1-19-9-10-23-22(17-19)29(25(31)26(2,3)32-23)16-13-24(30)27-21-11-14-28(15-12-21)18-20-7-5-4-6-8-20/h4-10,17,21H,11-16,18H2,1-3H3,(H,27,30). The number of nitrogens with one attached hydrogen (secondary N) is 1. The molecule has 2 aliphatic rings. The highest BCUT2D eigenvalue weighted by Crippen LogP contribution is 2.38. The quantitative estimate of drug-likeness (QED) is 0.752. The van der Waals surface area contributed by atoms with Gasteiger partial charge in [0.1, 0.15) is 5.75 Å². The first-order valence-corrected chi connectivity index (χ1v) is 11.5. The van der Waals surface area contributed by atoms with Gasteiger partial charge in [-0.1, -0.05) is 36.4 Å². The van der Waals surface area contributed by atoms with E-state index in [2.05, 4.69) is 34.5 Å². The maximum absolute atomic E-state index is 13.0. The normalized spacial score (nSPS) is 18.7. The Kier molecular flexibility index (Phi) is 6.51. The van der Waals surface area contributed by atoms with Crippen molar-refractivity contribution in [1.82, 2.24) is 10.2 Å². The third kappa shape index (κ3) is 5.13. The number of carbonyl (C=O) groups excluding carboxylic acids is 2. The maximum Gasteiger partial charge on any atom is 0.270 e. The van der Waals surface area contributed by atoms with Crippen molar-refractivity contribution in [2.75, 3.05) is 24.5 Å². The zero-order valence-electron chi connectivity index (χ0n) is 19.3. The first kappa shape index (κ1) is 22.3. The van der Waals surface area contributed by atoms with Gasteiger partial charge in [0, 0.05) is 38.6 Å². The molecule has 2 aromatic carbocycles. The Balaban J connectivity index is 1.29. The van der Waals surface area contributed by atoms with E-state index in [1.165, 1.54) is 5.56 Å². The van der Waals surface area contributed by atoms with Crippen LogP contribution in [0.3, 0.4) is 0 Å². The topological polar surface area (TPSA) is 61.9 Å². The molecule has 0 unspecified atom stereocenters. The van der Waals surface area contributed by atoms with Crippen molar-refractivity contribution in [3.8, 4) is 5.75 Å². The van der Waals surface area contributed by atoms with Crippen LogP contribution >= 0.6 is 0 Å². The highest BCUT2D eigenvalue weighted by atomic mass is 16.5. The van der Waals surface area contributed by atoms with Gasteiger partial charge in [0.25, 0.3) is 5.91 Å². The lowest BCUT2D eigenvalue weighted by Crippen LogP contribution is -2.53. The molecule has 0 bridgehead atoms. The summed E-state index contributed by atoms with van der Waals surface area (Å²) in [6, 6.07) is 16.5. The number of hydrogen-bond acceptors (Lipinski definition) is 4. The minimum atomic E-state index is -0.940. The average molecular weight is 436 g/mol. The van der Waals surface area contributed by atoms with E-state index in [0.29, 0.717) is 12.3 Å². The number of nitrogens with zero attached hydrogens (tertiary/aromatic N) is 2. The third-order valence-corrected chi connectivity index (χ3v) is 6.29. The number of fused-ring (bicyclic) bond motifs is 1. The van der Waals surface area contributed by atoms with Crippen LogP contribution in [0.5, 0.6) is 5.75 Å². The fourth-order valence-corrected chi connectivity index (χ4v) is 4.49. The number of likely N-dealkylation sites (tertiary alicyclic amines) is 1. The molecular weight excluding hydrogens is 402 g/mol. The molecule has 1 fully saturated rings. The molecule has 2 heterocycles. The third-order valence-electron chi connectivity index (χ3n) is 6.29. The smallest absolute Gasteiger partial charge is 0.270 e. The molecule has 4 rings (SSSR count).